The third kappa shape index (κ3) is 3.20. The number of benzene rings is 1. The summed E-state index contributed by atoms with van der Waals surface area (Å²) in [5.41, 5.74) is 2.16. The molecule has 0 spiro atoms. The van der Waals surface area contributed by atoms with Gasteiger partial charge in [-0.3, -0.25) is 0 Å². The number of hydrogen-bond donors (Lipinski definition) is 2. The zero-order chi connectivity index (χ0) is 10.4. The van der Waals surface area contributed by atoms with Gasteiger partial charge in [-0.05, 0) is 31.4 Å². The third-order valence-electron chi connectivity index (χ3n) is 2.11. The Labute approximate surface area is 89.9 Å². The van der Waals surface area contributed by atoms with E-state index in [4.69, 9.17) is 16.7 Å². The van der Waals surface area contributed by atoms with Crippen molar-refractivity contribution in [1.29, 1.82) is 0 Å². The summed E-state index contributed by atoms with van der Waals surface area (Å²) >= 11 is 6.03. The van der Waals surface area contributed by atoms with E-state index in [1.165, 1.54) is 0 Å². The van der Waals surface area contributed by atoms with Crippen LogP contribution in [0.25, 0.3) is 0 Å². The molecule has 3 heteroatoms. The van der Waals surface area contributed by atoms with Crippen molar-refractivity contribution in [1.82, 2.24) is 0 Å². The molecule has 0 aliphatic heterocycles. The van der Waals surface area contributed by atoms with E-state index in [1.807, 2.05) is 25.1 Å². The lowest BCUT2D eigenvalue weighted by Crippen LogP contribution is -2.04. The second kappa shape index (κ2) is 5.89. The Morgan fingerprint density at radius 1 is 1.36 bits per heavy atom. The average molecular weight is 214 g/mol. The number of anilines is 1. The van der Waals surface area contributed by atoms with Gasteiger partial charge in [-0.2, -0.15) is 0 Å². The molecule has 0 amide bonds. The quantitative estimate of drug-likeness (QED) is 0.738. The molecule has 1 aromatic rings. The molecule has 0 aromatic heterocycles. The molecular formula is C11H16ClNO. The Bertz CT molecular complexity index is 268. The summed E-state index contributed by atoms with van der Waals surface area (Å²) in [7, 11) is 0. The molecule has 0 radical (unpaired) electrons. The first kappa shape index (κ1) is 11.3. The highest BCUT2D eigenvalue weighted by molar-refractivity contribution is 6.33. The summed E-state index contributed by atoms with van der Waals surface area (Å²) < 4.78 is 0. The Hall–Kier alpha value is -0.730. The smallest absolute Gasteiger partial charge is 0.0640 e. The van der Waals surface area contributed by atoms with Crippen LogP contribution < -0.4 is 5.32 Å². The van der Waals surface area contributed by atoms with E-state index in [2.05, 4.69) is 5.32 Å². The van der Waals surface area contributed by atoms with Crippen molar-refractivity contribution in [3.63, 3.8) is 0 Å². The molecule has 0 aliphatic rings. The topological polar surface area (TPSA) is 32.3 Å². The minimum atomic E-state index is 0.253. The summed E-state index contributed by atoms with van der Waals surface area (Å²) in [6.07, 6.45) is 1.79. The fourth-order valence-corrected chi connectivity index (χ4v) is 1.59. The van der Waals surface area contributed by atoms with Gasteiger partial charge in [0.2, 0.25) is 0 Å². The molecule has 0 fully saturated rings. The predicted molar refractivity (Wildman–Crippen MR) is 61.0 cm³/mol. The summed E-state index contributed by atoms with van der Waals surface area (Å²) in [5, 5.41) is 12.7. The lowest BCUT2D eigenvalue weighted by molar-refractivity contribution is 0.286. The van der Waals surface area contributed by atoms with Crippen molar-refractivity contribution < 1.29 is 5.11 Å². The van der Waals surface area contributed by atoms with E-state index in [-0.39, 0.29) is 6.61 Å². The van der Waals surface area contributed by atoms with Crippen molar-refractivity contribution in [2.75, 3.05) is 18.5 Å². The molecule has 0 saturated heterocycles. The number of unbranched alkanes of at least 4 members (excludes halogenated alkanes) is 1. The van der Waals surface area contributed by atoms with Crippen molar-refractivity contribution in [2.24, 2.45) is 0 Å². The minimum Gasteiger partial charge on any atom is -0.396 e. The van der Waals surface area contributed by atoms with Crippen molar-refractivity contribution in [2.45, 2.75) is 19.8 Å². The molecule has 14 heavy (non-hydrogen) atoms. The van der Waals surface area contributed by atoms with Crippen molar-refractivity contribution in [3.05, 3.63) is 28.8 Å². The monoisotopic (exact) mass is 213 g/mol. The molecule has 2 nitrogen and oxygen atoms in total. The Morgan fingerprint density at radius 3 is 2.79 bits per heavy atom. The van der Waals surface area contributed by atoms with Crippen LogP contribution in [0.3, 0.4) is 0 Å². The molecule has 0 unspecified atom stereocenters. The zero-order valence-corrected chi connectivity index (χ0v) is 9.14. The van der Waals surface area contributed by atoms with Gasteiger partial charge in [-0.25, -0.2) is 0 Å². The van der Waals surface area contributed by atoms with Gasteiger partial charge in [0, 0.05) is 13.2 Å². The van der Waals surface area contributed by atoms with Gasteiger partial charge in [0.05, 0.1) is 10.7 Å². The second-order valence-corrected chi connectivity index (χ2v) is 3.70. The van der Waals surface area contributed by atoms with Gasteiger partial charge in [-0.15, -0.1) is 0 Å². The second-order valence-electron chi connectivity index (χ2n) is 3.29. The highest BCUT2D eigenvalue weighted by Gasteiger charge is 2.01. The number of aliphatic hydroxyl groups is 1. The van der Waals surface area contributed by atoms with Crippen LogP contribution in [-0.2, 0) is 0 Å². The van der Waals surface area contributed by atoms with Crippen LogP contribution in [0.4, 0.5) is 5.69 Å². The summed E-state index contributed by atoms with van der Waals surface area (Å²) in [6, 6.07) is 5.85. The summed E-state index contributed by atoms with van der Waals surface area (Å²) in [5.74, 6) is 0. The summed E-state index contributed by atoms with van der Waals surface area (Å²) in [4.78, 5) is 0. The first-order valence-electron chi connectivity index (χ1n) is 4.85. The maximum Gasteiger partial charge on any atom is 0.0640 e. The highest BCUT2D eigenvalue weighted by atomic mass is 35.5. The van der Waals surface area contributed by atoms with Crippen LogP contribution >= 0.6 is 11.6 Å². The van der Waals surface area contributed by atoms with Gasteiger partial charge >= 0.3 is 0 Å². The number of aliphatic hydroxyl groups excluding tert-OH is 1. The molecule has 1 aromatic carbocycles. The lowest BCUT2D eigenvalue weighted by atomic mass is 10.2. The van der Waals surface area contributed by atoms with Crippen LogP contribution in [0, 0.1) is 6.92 Å². The number of nitrogens with one attached hydrogen (secondary N) is 1. The van der Waals surface area contributed by atoms with Gasteiger partial charge in [0.1, 0.15) is 0 Å². The first-order chi connectivity index (χ1) is 6.75. The number of aryl methyl sites for hydroxylation is 1. The van der Waals surface area contributed by atoms with Crippen molar-refractivity contribution >= 4 is 17.3 Å². The number of rotatable bonds is 5. The molecule has 0 atom stereocenters. The Balaban J connectivity index is 2.49. The van der Waals surface area contributed by atoms with Gasteiger partial charge < -0.3 is 10.4 Å². The average Bonchev–Trinajstić information content (AvgIpc) is 2.16. The fourth-order valence-electron chi connectivity index (χ4n) is 1.31. The van der Waals surface area contributed by atoms with Gasteiger partial charge in [0.25, 0.3) is 0 Å². The number of para-hydroxylation sites is 1. The van der Waals surface area contributed by atoms with E-state index in [9.17, 15) is 0 Å². The maximum atomic E-state index is 8.62. The summed E-state index contributed by atoms with van der Waals surface area (Å²) in [6.45, 7) is 3.13. The molecule has 0 heterocycles. The standard InChI is InChI=1S/C11H16ClNO/c1-9-5-4-6-10(12)11(9)13-7-2-3-8-14/h4-6,13-14H,2-3,7-8H2,1H3. The van der Waals surface area contributed by atoms with Crippen LogP contribution in [0.15, 0.2) is 18.2 Å². The van der Waals surface area contributed by atoms with E-state index in [0.717, 1.165) is 35.7 Å². The Morgan fingerprint density at radius 2 is 2.14 bits per heavy atom. The molecule has 0 bridgehead atoms. The van der Waals surface area contributed by atoms with Crippen LogP contribution in [-0.4, -0.2) is 18.3 Å². The number of hydrogen-bond acceptors (Lipinski definition) is 2. The molecule has 78 valence electrons. The largest absolute Gasteiger partial charge is 0.396 e. The van der Waals surface area contributed by atoms with Crippen LogP contribution in [0.2, 0.25) is 5.02 Å². The molecule has 0 aliphatic carbocycles. The predicted octanol–water partition coefficient (Wildman–Crippen LogP) is 2.83. The fraction of sp³-hybridized carbons (Fsp3) is 0.455. The molecule has 1 rings (SSSR count). The Kier molecular flexibility index (Phi) is 4.77. The van der Waals surface area contributed by atoms with E-state index in [0.29, 0.717) is 0 Å². The van der Waals surface area contributed by atoms with Crippen LogP contribution in [0.1, 0.15) is 18.4 Å². The lowest BCUT2D eigenvalue weighted by Gasteiger charge is -2.10. The van der Waals surface area contributed by atoms with Crippen LogP contribution in [0.5, 0.6) is 0 Å². The first-order valence-corrected chi connectivity index (χ1v) is 5.23. The van der Waals surface area contributed by atoms with E-state index >= 15 is 0 Å². The third-order valence-corrected chi connectivity index (χ3v) is 2.42. The minimum absolute atomic E-state index is 0.253. The maximum absolute atomic E-state index is 8.62. The molecule has 2 N–H and O–H groups in total. The SMILES string of the molecule is Cc1cccc(Cl)c1NCCCCO. The van der Waals surface area contributed by atoms with E-state index in [1.54, 1.807) is 0 Å². The van der Waals surface area contributed by atoms with E-state index < -0.39 is 0 Å². The number of halogens is 1. The zero-order valence-electron chi connectivity index (χ0n) is 8.39. The molecular weight excluding hydrogens is 198 g/mol. The highest BCUT2D eigenvalue weighted by Crippen LogP contribution is 2.24. The van der Waals surface area contributed by atoms with Gasteiger partial charge in [0.15, 0.2) is 0 Å². The molecule has 0 saturated carbocycles. The normalized spacial score (nSPS) is 10.2. The van der Waals surface area contributed by atoms with Gasteiger partial charge in [-0.1, -0.05) is 23.7 Å². The van der Waals surface area contributed by atoms with Crippen molar-refractivity contribution in [3.8, 4) is 0 Å².